The highest BCUT2D eigenvalue weighted by Crippen LogP contribution is 2.54. The van der Waals surface area contributed by atoms with Crippen LogP contribution in [0.5, 0.6) is 0 Å². The Morgan fingerprint density at radius 3 is 1.63 bits per heavy atom. The van der Waals surface area contributed by atoms with E-state index in [2.05, 4.69) is 0 Å². The number of benzene rings is 4. The summed E-state index contributed by atoms with van der Waals surface area (Å²) in [4.78, 5) is 38.7. The van der Waals surface area contributed by atoms with Crippen molar-refractivity contribution in [3.05, 3.63) is 95.7 Å². The molecule has 0 N–H and O–H groups in total. The molecule has 1 saturated heterocycles. The molecule has 0 spiro atoms. The van der Waals surface area contributed by atoms with Crippen molar-refractivity contribution >= 4 is 107 Å². The van der Waals surface area contributed by atoms with Crippen LogP contribution in [0.1, 0.15) is 63.5 Å². The Balaban J connectivity index is 1.30. The summed E-state index contributed by atoms with van der Waals surface area (Å²) in [6, 6.07) is 8.47. The molecule has 2 amide bonds. The van der Waals surface area contributed by atoms with Crippen molar-refractivity contribution in [2.24, 2.45) is 0 Å². The van der Waals surface area contributed by atoms with Crippen LogP contribution >= 0.6 is 0 Å². The van der Waals surface area contributed by atoms with E-state index >= 15 is 0 Å². The van der Waals surface area contributed by atoms with Gasteiger partial charge in [0.2, 0.25) is 5.69 Å². The summed E-state index contributed by atoms with van der Waals surface area (Å²) in [5, 5.41) is -0.235. The van der Waals surface area contributed by atoms with Gasteiger partial charge in [0.1, 0.15) is 47.1 Å². The van der Waals surface area contributed by atoms with Gasteiger partial charge < -0.3 is 65.7 Å². The zero-order chi connectivity index (χ0) is 66.7. The molecule has 1 fully saturated rings. The second-order valence-electron chi connectivity index (χ2n) is 21.4. The lowest BCUT2D eigenvalue weighted by Crippen LogP contribution is -2.32. The molecule has 7 rings (SSSR count). The van der Waals surface area contributed by atoms with Crippen LogP contribution in [0.15, 0.2) is 104 Å². The first-order valence-electron chi connectivity index (χ1n) is 28.2. The molecule has 0 aliphatic carbocycles. The summed E-state index contributed by atoms with van der Waals surface area (Å²) in [5.74, 6) is -3.02. The molecule has 0 aromatic heterocycles. The fourth-order valence-corrected chi connectivity index (χ4v) is 14.4. The lowest BCUT2D eigenvalue weighted by Gasteiger charge is -2.31. The van der Waals surface area contributed by atoms with Crippen LogP contribution in [0, 0.1) is 0 Å². The first kappa shape index (κ1) is 72.4. The number of amides is 2. The number of carbonyl (C=O) groups is 3. The number of fused-ring (bicyclic) bond motifs is 6. The molecule has 34 heteroatoms. The minimum atomic E-state index is -5.44. The third-order valence-corrected chi connectivity index (χ3v) is 19.5. The smallest absolute Gasteiger partial charge is 0.335 e. The van der Waals surface area contributed by atoms with Crippen molar-refractivity contribution in [2.75, 3.05) is 117 Å². The van der Waals surface area contributed by atoms with Gasteiger partial charge in [-0.05, 0) is 97.3 Å². The average Bonchev–Trinajstić information content (AvgIpc) is 1.58. The highest BCUT2D eigenvalue weighted by Gasteiger charge is 2.49. The lowest BCUT2D eigenvalue weighted by molar-refractivity contribution is -0.441. The summed E-state index contributed by atoms with van der Waals surface area (Å²) in [7, 11) is -23.6. The molecule has 91 heavy (non-hydrogen) atoms. The van der Waals surface area contributed by atoms with Crippen LogP contribution in [0.3, 0.4) is 0 Å². The fraction of sp³-hybridized carbons (Fsp3) is 0.474. The van der Waals surface area contributed by atoms with Crippen molar-refractivity contribution in [3.63, 3.8) is 0 Å². The van der Waals surface area contributed by atoms with Crippen LogP contribution in [0.2, 0.25) is 0 Å². The quantitative estimate of drug-likeness (QED) is 0.0208. The van der Waals surface area contributed by atoms with E-state index < -0.39 is 105 Å². The number of imide groups is 1. The van der Waals surface area contributed by atoms with Gasteiger partial charge >= 0.3 is 5.97 Å². The molecule has 4 aromatic rings. The fourth-order valence-electron chi connectivity index (χ4n) is 11.2. The molecule has 4 aromatic carbocycles. The van der Waals surface area contributed by atoms with Crippen LogP contribution in [-0.4, -0.2) is 210 Å². The van der Waals surface area contributed by atoms with Crippen LogP contribution in [0.25, 0.3) is 21.5 Å². The predicted molar refractivity (Wildman–Crippen MR) is 316 cm³/mol. The van der Waals surface area contributed by atoms with E-state index in [1.54, 1.807) is 53.7 Å². The van der Waals surface area contributed by atoms with E-state index in [0.717, 1.165) is 12.1 Å². The summed E-state index contributed by atoms with van der Waals surface area (Å²) < 4.78 is 229. The second kappa shape index (κ2) is 30.4. The van der Waals surface area contributed by atoms with Gasteiger partial charge in [-0.15, -0.1) is 5.06 Å². The SMILES string of the molecule is COCCOCCOCCOCCC1(C)\C(=C/C=C/C=C/C2=[N+](CCOC)c3ccc4c(S(=O)(=O)[O-])cc(S(=O)(=O)[O-])cc4c3C2(C)CCCS(=O)(=O)[O-])N(CCOCCOCCC(=O)ON2C(=O)CCC2=O)c2ccc3c(S(=O)(=O)[O-])cc(S(=O)(=O)[O-])cc3c21. The number of allylic oxidation sites excluding steroid dienone is 6. The molecule has 3 aliphatic rings. The highest BCUT2D eigenvalue weighted by molar-refractivity contribution is 7.87. The summed E-state index contributed by atoms with van der Waals surface area (Å²) >= 11 is 0. The Kier molecular flexibility index (Phi) is 24.2. The van der Waals surface area contributed by atoms with Crippen LogP contribution < -0.4 is 4.90 Å². The molecule has 0 saturated carbocycles. The molecule has 3 aliphatic heterocycles. The zero-order valence-corrected chi connectivity index (χ0v) is 53.9. The van der Waals surface area contributed by atoms with E-state index in [0.29, 0.717) is 53.2 Å². The van der Waals surface area contributed by atoms with Gasteiger partial charge in [-0.3, -0.25) is 9.59 Å². The second-order valence-corrected chi connectivity index (χ2v) is 28.4. The maximum absolute atomic E-state index is 12.9. The van der Waals surface area contributed by atoms with Gasteiger partial charge in [0.05, 0.1) is 108 Å². The largest absolute Gasteiger partial charge is 0.748 e. The summed E-state index contributed by atoms with van der Waals surface area (Å²) in [6.45, 7) is 4.68. The van der Waals surface area contributed by atoms with Crippen molar-refractivity contribution in [3.8, 4) is 0 Å². The van der Waals surface area contributed by atoms with Gasteiger partial charge in [0.25, 0.3) is 11.8 Å². The number of anilines is 1. The Bertz CT molecular complexity index is 4120. The molecular formula is C57H67N3O26S5-4. The molecule has 0 bridgehead atoms. The Hall–Kier alpha value is -6.03. The van der Waals surface area contributed by atoms with E-state index in [1.165, 1.54) is 38.5 Å². The molecule has 500 valence electrons. The molecular weight excluding hydrogens is 1300 g/mol. The lowest BCUT2D eigenvalue weighted by atomic mass is 9.74. The number of nitrogens with zero attached hydrogens (tertiary/aromatic N) is 3. The molecule has 0 radical (unpaired) electrons. The van der Waals surface area contributed by atoms with Gasteiger partial charge in [-0.25, -0.2) is 46.9 Å². The topological polar surface area (TPSA) is 421 Å². The molecule has 3 heterocycles. The maximum Gasteiger partial charge on any atom is 0.335 e. The van der Waals surface area contributed by atoms with Crippen molar-refractivity contribution in [2.45, 2.75) is 82.8 Å². The number of hydrogen-bond donors (Lipinski definition) is 0. The van der Waals surface area contributed by atoms with Crippen LogP contribution in [0.4, 0.5) is 11.4 Å². The monoisotopic (exact) mass is 1370 g/mol. The maximum atomic E-state index is 12.9. The van der Waals surface area contributed by atoms with Crippen molar-refractivity contribution in [1.29, 1.82) is 0 Å². The van der Waals surface area contributed by atoms with E-state index in [9.17, 15) is 79.2 Å². The number of ether oxygens (including phenoxy) is 7. The minimum absolute atomic E-state index is 0.0159. The number of hydrogen-bond acceptors (Lipinski definition) is 27. The van der Waals surface area contributed by atoms with Crippen molar-refractivity contribution < 1.29 is 122 Å². The Labute approximate surface area is 526 Å². The summed E-state index contributed by atoms with van der Waals surface area (Å²) in [6.07, 6.45) is 7.18. The molecule has 2 atom stereocenters. The molecule has 29 nitrogen and oxygen atoms in total. The normalized spacial score (nSPS) is 18.8. The third kappa shape index (κ3) is 17.8. The molecule has 2 unspecified atom stereocenters. The highest BCUT2D eigenvalue weighted by atomic mass is 32.2. The van der Waals surface area contributed by atoms with Gasteiger partial charge in [0, 0.05) is 85.9 Å². The first-order valence-corrected chi connectivity index (χ1v) is 35.4. The number of rotatable bonds is 36. The number of hydroxylamine groups is 2. The first-order chi connectivity index (χ1) is 42.8. The van der Waals surface area contributed by atoms with Gasteiger partial charge in [0.15, 0.2) is 12.3 Å². The van der Waals surface area contributed by atoms with E-state index in [1.807, 2.05) is 0 Å². The number of carbonyl (C=O) groups excluding carboxylic acids is 3. The van der Waals surface area contributed by atoms with Crippen LogP contribution in [-0.2, 0) is 114 Å². The predicted octanol–water partition coefficient (Wildman–Crippen LogP) is 2.83. The van der Waals surface area contributed by atoms with E-state index in [-0.39, 0.29) is 150 Å². The standard InChI is InChI=1S/C57H71N3O26S5/c1-56(18-8-34-87(64,65)66)49(58(20-24-79-3)45-13-11-41-43(54(45)56)35-39(88(67,68)69)37-47(41)90(73,74)75)9-6-5-7-10-50-57(2,19-23-82-29-31-85-33-32-84-27-26-80-4)55-44-36-40(89(70,71)72)38-48(91(76,77)78)42(44)12-14-46(55)59(50)21-25-83-30-28-81-22-17-53(63)86-60-51(61)15-16-52(60)62/h5-7,9-14,35-38H,8,15-34H2,1-4H3,(H4-,64,65,66,67,68,69,70,71,72,73,74,75,76,77,78)/p-4. The van der Waals surface area contributed by atoms with Gasteiger partial charge in [-0.1, -0.05) is 24.3 Å². The zero-order valence-electron chi connectivity index (χ0n) is 49.9. The van der Waals surface area contributed by atoms with E-state index in [4.69, 9.17) is 38.0 Å². The minimum Gasteiger partial charge on any atom is -0.748 e. The van der Waals surface area contributed by atoms with Crippen molar-refractivity contribution in [1.82, 2.24) is 5.06 Å². The summed E-state index contributed by atoms with van der Waals surface area (Å²) in [5.41, 5.74) is -0.751. The number of methoxy groups -OCH3 is 2. The third-order valence-electron chi connectivity index (χ3n) is 15.3. The Morgan fingerprint density at radius 2 is 1.09 bits per heavy atom. The van der Waals surface area contributed by atoms with Gasteiger partial charge in [-0.2, -0.15) is 4.58 Å². The Morgan fingerprint density at radius 1 is 0.571 bits per heavy atom. The average molecular weight is 1370 g/mol.